The topological polar surface area (TPSA) is 93.3 Å². The molecule has 0 spiro atoms. The molecule has 2 rings (SSSR count). The van der Waals surface area contributed by atoms with Crippen LogP contribution in [0.25, 0.3) is 0 Å². The summed E-state index contributed by atoms with van der Waals surface area (Å²) >= 11 is 0. The van der Waals surface area contributed by atoms with Gasteiger partial charge in [0.1, 0.15) is 0 Å². The van der Waals surface area contributed by atoms with Crippen molar-refractivity contribution < 1.29 is 14.7 Å². The number of hydrogen-bond donors (Lipinski definition) is 2. The second kappa shape index (κ2) is 10.5. The molecular weight excluding hydrogens is 244 g/mol. The first-order chi connectivity index (χ1) is 9.04. The highest BCUT2D eigenvalue weighted by atomic mass is 16.4. The van der Waals surface area contributed by atoms with Gasteiger partial charge in [0.05, 0.1) is 0 Å². The second-order valence-electron chi connectivity index (χ2n) is 3.27. The predicted molar refractivity (Wildman–Crippen MR) is 72.5 cm³/mol. The first-order valence-corrected chi connectivity index (χ1v) is 5.43. The fraction of sp³-hybridized carbons (Fsp3) is 0.0714. The van der Waals surface area contributed by atoms with Crippen molar-refractivity contribution in [2.75, 3.05) is 0 Å². The van der Waals surface area contributed by atoms with E-state index in [0.29, 0.717) is 5.56 Å². The monoisotopic (exact) mass is 260 g/mol. The van der Waals surface area contributed by atoms with Crippen LogP contribution < -0.4 is 5.73 Å². The number of primary amides is 1. The number of carboxylic acids is 1. The maximum atomic E-state index is 10.4. The minimum Gasteiger partial charge on any atom is -0.481 e. The molecule has 3 N–H and O–H groups in total. The van der Waals surface area contributed by atoms with E-state index < -0.39 is 5.97 Å². The molecule has 1 heterocycles. The van der Waals surface area contributed by atoms with E-state index in [1.54, 1.807) is 36.7 Å². The van der Waals surface area contributed by atoms with Crippen molar-refractivity contribution >= 4 is 11.9 Å². The number of benzene rings is 1. The van der Waals surface area contributed by atoms with Gasteiger partial charge in [-0.25, -0.2) is 0 Å². The molecule has 0 saturated heterocycles. The van der Waals surface area contributed by atoms with Crippen molar-refractivity contribution in [1.29, 1.82) is 0 Å². The maximum Gasteiger partial charge on any atom is 0.300 e. The van der Waals surface area contributed by atoms with E-state index in [9.17, 15) is 4.79 Å². The molecule has 0 aliphatic rings. The molecule has 5 nitrogen and oxygen atoms in total. The Kier molecular flexibility index (Phi) is 8.98. The van der Waals surface area contributed by atoms with Gasteiger partial charge in [-0.1, -0.05) is 24.3 Å². The van der Waals surface area contributed by atoms with E-state index in [2.05, 4.69) is 4.98 Å². The highest BCUT2D eigenvalue weighted by Gasteiger charge is 1.93. The number of hydrogen-bond acceptors (Lipinski definition) is 3. The van der Waals surface area contributed by atoms with Crippen molar-refractivity contribution in [3.05, 3.63) is 66.5 Å². The fourth-order valence-electron chi connectivity index (χ4n) is 0.915. The van der Waals surface area contributed by atoms with Gasteiger partial charge in [-0.2, -0.15) is 0 Å². The van der Waals surface area contributed by atoms with Gasteiger partial charge >= 0.3 is 0 Å². The molecule has 0 unspecified atom stereocenters. The van der Waals surface area contributed by atoms with Gasteiger partial charge in [-0.3, -0.25) is 14.6 Å². The normalized spacial score (nSPS) is 8.05. The molecule has 5 heteroatoms. The van der Waals surface area contributed by atoms with E-state index in [0.717, 1.165) is 6.92 Å². The van der Waals surface area contributed by atoms with Gasteiger partial charge in [0.15, 0.2) is 0 Å². The minimum absolute atomic E-state index is 0.379. The molecule has 19 heavy (non-hydrogen) atoms. The largest absolute Gasteiger partial charge is 0.481 e. The number of amides is 1. The summed E-state index contributed by atoms with van der Waals surface area (Å²) < 4.78 is 0. The number of carboxylic acid groups (broad SMARTS) is 1. The van der Waals surface area contributed by atoms with Gasteiger partial charge < -0.3 is 10.8 Å². The lowest BCUT2D eigenvalue weighted by Gasteiger charge is -1.89. The molecule has 0 aliphatic heterocycles. The van der Waals surface area contributed by atoms with E-state index in [4.69, 9.17) is 15.6 Å². The molecule has 100 valence electrons. The number of carbonyl (C=O) groups is 2. The van der Waals surface area contributed by atoms with Gasteiger partial charge in [-0.05, 0) is 24.3 Å². The number of nitrogens with two attached hydrogens (primary N) is 1. The maximum absolute atomic E-state index is 10.4. The van der Waals surface area contributed by atoms with Gasteiger partial charge in [-0.15, -0.1) is 0 Å². The van der Waals surface area contributed by atoms with Crippen LogP contribution in [0.4, 0.5) is 0 Å². The van der Waals surface area contributed by atoms with E-state index >= 15 is 0 Å². The molecule has 0 aliphatic carbocycles. The molecular formula is C14H16N2O3. The van der Waals surface area contributed by atoms with Crippen LogP contribution in [0.2, 0.25) is 0 Å². The molecule has 1 aromatic carbocycles. The zero-order chi connectivity index (χ0) is 14.5. The molecule has 0 atom stereocenters. The lowest BCUT2D eigenvalue weighted by atomic mass is 10.2. The lowest BCUT2D eigenvalue weighted by Crippen LogP contribution is -2.09. The summed E-state index contributed by atoms with van der Waals surface area (Å²) in [6.07, 6.45) is 3.50. The Hall–Kier alpha value is -2.69. The highest BCUT2D eigenvalue weighted by molar-refractivity contribution is 5.92. The van der Waals surface area contributed by atoms with Crippen LogP contribution in [0.1, 0.15) is 17.3 Å². The smallest absolute Gasteiger partial charge is 0.300 e. The first kappa shape index (κ1) is 16.3. The average Bonchev–Trinajstić information content (AvgIpc) is 2.42. The zero-order valence-corrected chi connectivity index (χ0v) is 10.6. The highest BCUT2D eigenvalue weighted by Crippen LogP contribution is 1.94. The quantitative estimate of drug-likeness (QED) is 0.819. The molecule has 2 aromatic rings. The van der Waals surface area contributed by atoms with Crippen molar-refractivity contribution in [2.45, 2.75) is 6.92 Å². The number of rotatable bonds is 1. The van der Waals surface area contributed by atoms with Crippen molar-refractivity contribution in [3.63, 3.8) is 0 Å². The Balaban J connectivity index is 0.000000281. The number of pyridine rings is 1. The van der Waals surface area contributed by atoms with Crippen molar-refractivity contribution in [1.82, 2.24) is 4.98 Å². The average molecular weight is 260 g/mol. The Labute approximate surface area is 111 Å². The summed E-state index contributed by atoms with van der Waals surface area (Å²) in [6.45, 7) is 1.08. The standard InChI is InChI=1S/C7H7NO.C5H5N.C2H4O2/c8-7(9)6-4-2-1-3-5-6;1-2-4-6-5-3-1;1-2(3)4/h1-5H,(H2,8,9);1-5H;1H3,(H,3,4). The SMILES string of the molecule is CC(=O)O.NC(=O)c1ccccc1.c1ccncc1. The van der Waals surface area contributed by atoms with Crippen LogP contribution in [0.5, 0.6) is 0 Å². The number of aliphatic carboxylic acids is 1. The lowest BCUT2D eigenvalue weighted by molar-refractivity contribution is -0.134. The Morgan fingerprint density at radius 3 is 1.63 bits per heavy atom. The van der Waals surface area contributed by atoms with E-state index in [1.165, 1.54) is 0 Å². The van der Waals surface area contributed by atoms with E-state index in [-0.39, 0.29) is 5.91 Å². The van der Waals surface area contributed by atoms with Crippen LogP contribution in [-0.2, 0) is 4.79 Å². The summed E-state index contributed by atoms with van der Waals surface area (Å²) in [5.41, 5.74) is 5.53. The van der Waals surface area contributed by atoms with Gasteiger partial charge in [0.25, 0.3) is 5.97 Å². The summed E-state index contributed by atoms with van der Waals surface area (Å²) in [4.78, 5) is 23.2. The van der Waals surface area contributed by atoms with Crippen molar-refractivity contribution in [2.24, 2.45) is 5.73 Å². The molecule has 0 bridgehead atoms. The van der Waals surface area contributed by atoms with Gasteiger partial charge in [0.2, 0.25) is 5.91 Å². The third-order valence-corrected chi connectivity index (χ3v) is 1.62. The van der Waals surface area contributed by atoms with Crippen LogP contribution in [-0.4, -0.2) is 22.0 Å². The Morgan fingerprint density at radius 1 is 1.00 bits per heavy atom. The molecule has 1 aromatic heterocycles. The summed E-state index contributed by atoms with van der Waals surface area (Å²) in [6, 6.07) is 14.5. The number of aromatic nitrogens is 1. The Morgan fingerprint density at radius 2 is 1.42 bits per heavy atom. The number of carbonyl (C=O) groups excluding carboxylic acids is 1. The van der Waals surface area contributed by atoms with E-state index in [1.807, 2.05) is 24.3 Å². The molecule has 0 saturated carbocycles. The molecule has 0 fully saturated rings. The molecule has 0 radical (unpaired) electrons. The van der Waals surface area contributed by atoms with Crippen LogP contribution in [0.15, 0.2) is 60.9 Å². The second-order valence-corrected chi connectivity index (χ2v) is 3.27. The van der Waals surface area contributed by atoms with Crippen LogP contribution in [0, 0.1) is 0 Å². The minimum atomic E-state index is -0.833. The number of nitrogens with zero attached hydrogens (tertiary/aromatic N) is 1. The van der Waals surface area contributed by atoms with Crippen LogP contribution in [0.3, 0.4) is 0 Å². The predicted octanol–water partition coefficient (Wildman–Crippen LogP) is 1.96. The third-order valence-electron chi connectivity index (χ3n) is 1.62. The van der Waals surface area contributed by atoms with Gasteiger partial charge in [0, 0.05) is 24.9 Å². The van der Waals surface area contributed by atoms with Crippen LogP contribution >= 0.6 is 0 Å². The fourth-order valence-corrected chi connectivity index (χ4v) is 0.915. The molecule has 1 amide bonds. The Bertz CT molecular complexity index is 442. The third kappa shape index (κ3) is 11.6. The summed E-state index contributed by atoms with van der Waals surface area (Å²) in [5, 5.41) is 7.42. The summed E-state index contributed by atoms with van der Waals surface area (Å²) in [7, 11) is 0. The summed E-state index contributed by atoms with van der Waals surface area (Å²) in [5.74, 6) is -1.21. The first-order valence-electron chi connectivity index (χ1n) is 5.43. The van der Waals surface area contributed by atoms with Crippen molar-refractivity contribution in [3.8, 4) is 0 Å². The zero-order valence-electron chi connectivity index (χ0n) is 10.6.